The fourth-order valence-corrected chi connectivity index (χ4v) is 3.16. The van der Waals surface area contributed by atoms with Crippen molar-refractivity contribution in [3.8, 4) is 0 Å². The second kappa shape index (κ2) is 3.10. The average molecular weight is 215 g/mol. The van der Waals surface area contributed by atoms with Gasteiger partial charge in [0.25, 0.3) is 0 Å². The first-order chi connectivity index (χ1) is 7.59. The zero-order valence-electron chi connectivity index (χ0n) is 10.3. The summed E-state index contributed by atoms with van der Waals surface area (Å²) < 4.78 is 0. The summed E-state index contributed by atoms with van der Waals surface area (Å²) in [5, 5.41) is 0. The van der Waals surface area contributed by atoms with E-state index in [1.165, 1.54) is 30.4 Å². The minimum Gasteiger partial charge on any atom is -0.330 e. The molecule has 86 valence electrons. The Labute approximate surface area is 98.0 Å². The molecule has 1 aromatic rings. The van der Waals surface area contributed by atoms with Gasteiger partial charge in [-0.05, 0) is 41.7 Å². The maximum atomic E-state index is 5.99. The molecule has 0 spiro atoms. The Morgan fingerprint density at radius 3 is 2.12 bits per heavy atom. The first-order valence-corrected chi connectivity index (χ1v) is 6.40. The molecule has 2 saturated carbocycles. The summed E-state index contributed by atoms with van der Waals surface area (Å²) in [5.74, 6) is 0.857. The zero-order valence-corrected chi connectivity index (χ0v) is 10.3. The van der Waals surface area contributed by atoms with E-state index in [4.69, 9.17) is 5.73 Å². The molecular formula is C15H21N. The minimum atomic E-state index is 0.259. The third kappa shape index (κ3) is 1.34. The van der Waals surface area contributed by atoms with Crippen molar-refractivity contribution in [1.29, 1.82) is 0 Å². The Bertz CT molecular complexity index is 400. The lowest BCUT2D eigenvalue weighted by Crippen LogP contribution is -2.25. The van der Waals surface area contributed by atoms with Crippen LogP contribution in [0.4, 0.5) is 0 Å². The van der Waals surface area contributed by atoms with Crippen molar-refractivity contribution < 1.29 is 0 Å². The lowest BCUT2D eigenvalue weighted by molar-refractivity contribution is 0.503. The summed E-state index contributed by atoms with van der Waals surface area (Å²) in [6.07, 6.45) is 4.00. The molecule has 1 aromatic carbocycles. The van der Waals surface area contributed by atoms with Gasteiger partial charge in [-0.3, -0.25) is 0 Å². The number of nitrogens with two attached hydrogens (primary N) is 1. The zero-order chi connectivity index (χ0) is 11.4. The summed E-state index contributed by atoms with van der Waals surface area (Å²) in [6, 6.07) is 9.27. The molecule has 2 fully saturated rings. The SMILES string of the molecule is CC1(C)CC1(CN)c1ccc(C2CC2)cc1. The molecule has 0 bridgehead atoms. The minimum absolute atomic E-state index is 0.259. The summed E-state index contributed by atoms with van der Waals surface area (Å²) in [5.41, 5.74) is 9.61. The van der Waals surface area contributed by atoms with Gasteiger partial charge in [0.1, 0.15) is 0 Å². The van der Waals surface area contributed by atoms with E-state index in [1.807, 2.05) is 0 Å². The van der Waals surface area contributed by atoms with Gasteiger partial charge in [0.15, 0.2) is 0 Å². The van der Waals surface area contributed by atoms with Crippen molar-refractivity contribution in [2.75, 3.05) is 6.54 Å². The topological polar surface area (TPSA) is 26.0 Å². The largest absolute Gasteiger partial charge is 0.330 e. The first kappa shape index (κ1) is 10.3. The van der Waals surface area contributed by atoms with Gasteiger partial charge in [0.05, 0.1) is 0 Å². The van der Waals surface area contributed by atoms with E-state index < -0.39 is 0 Å². The Hall–Kier alpha value is -0.820. The number of rotatable bonds is 3. The second-order valence-electron chi connectivity index (χ2n) is 6.24. The van der Waals surface area contributed by atoms with Gasteiger partial charge in [0, 0.05) is 12.0 Å². The maximum Gasteiger partial charge on any atom is 0.0132 e. The third-order valence-corrected chi connectivity index (χ3v) is 4.77. The molecule has 1 nitrogen and oxygen atoms in total. The standard InChI is InChI=1S/C15H21N/c1-14(2)9-15(14,10-16)13-7-5-12(6-8-13)11-3-4-11/h5-8,11H,3-4,9-10,16H2,1-2H3. The average Bonchev–Trinajstić information content (AvgIpc) is 3.15. The van der Waals surface area contributed by atoms with Crippen LogP contribution >= 0.6 is 0 Å². The molecule has 2 N–H and O–H groups in total. The maximum absolute atomic E-state index is 5.99. The van der Waals surface area contributed by atoms with Gasteiger partial charge in [0.2, 0.25) is 0 Å². The van der Waals surface area contributed by atoms with Crippen LogP contribution in [0.2, 0.25) is 0 Å². The predicted octanol–water partition coefficient (Wildman–Crippen LogP) is 3.19. The van der Waals surface area contributed by atoms with E-state index in [2.05, 4.69) is 38.1 Å². The first-order valence-electron chi connectivity index (χ1n) is 6.40. The van der Waals surface area contributed by atoms with E-state index in [0.29, 0.717) is 5.41 Å². The van der Waals surface area contributed by atoms with Crippen LogP contribution in [-0.4, -0.2) is 6.54 Å². The number of hydrogen-bond donors (Lipinski definition) is 1. The van der Waals surface area contributed by atoms with E-state index in [0.717, 1.165) is 12.5 Å². The van der Waals surface area contributed by atoms with Crippen LogP contribution in [-0.2, 0) is 5.41 Å². The smallest absolute Gasteiger partial charge is 0.0132 e. The molecule has 1 atom stereocenters. The molecule has 2 aliphatic carbocycles. The molecule has 16 heavy (non-hydrogen) atoms. The molecule has 1 unspecified atom stereocenters. The van der Waals surface area contributed by atoms with E-state index in [1.54, 1.807) is 0 Å². The van der Waals surface area contributed by atoms with E-state index in [9.17, 15) is 0 Å². The van der Waals surface area contributed by atoms with Crippen LogP contribution in [0.3, 0.4) is 0 Å². The Morgan fingerprint density at radius 1 is 1.19 bits per heavy atom. The molecule has 0 heterocycles. The quantitative estimate of drug-likeness (QED) is 0.823. The monoisotopic (exact) mass is 215 g/mol. The molecule has 1 heteroatoms. The van der Waals surface area contributed by atoms with Gasteiger partial charge < -0.3 is 5.73 Å². The van der Waals surface area contributed by atoms with Crippen LogP contribution in [0.1, 0.15) is 50.2 Å². The highest BCUT2D eigenvalue weighted by Crippen LogP contribution is 2.63. The normalized spacial score (nSPS) is 31.4. The van der Waals surface area contributed by atoms with Gasteiger partial charge in [-0.25, -0.2) is 0 Å². The number of benzene rings is 1. The Balaban J connectivity index is 1.89. The Morgan fingerprint density at radius 2 is 1.75 bits per heavy atom. The van der Waals surface area contributed by atoms with Crippen LogP contribution in [0.15, 0.2) is 24.3 Å². The van der Waals surface area contributed by atoms with Crippen molar-refractivity contribution in [3.05, 3.63) is 35.4 Å². The van der Waals surface area contributed by atoms with Crippen molar-refractivity contribution in [2.24, 2.45) is 11.1 Å². The number of hydrogen-bond acceptors (Lipinski definition) is 1. The summed E-state index contributed by atoms with van der Waals surface area (Å²) in [7, 11) is 0. The molecule has 2 aliphatic rings. The summed E-state index contributed by atoms with van der Waals surface area (Å²) >= 11 is 0. The highest BCUT2D eigenvalue weighted by molar-refractivity contribution is 5.40. The molecule has 0 aliphatic heterocycles. The van der Waals surface area contributed by atoms with Gasteiger partial charge in [-0.1, -0.05) is 38.1 Å². The van der Waals surface area contributed by atoms with Gasteiger partial charge >= 0.3 is 0 Å². The van der Waals surface area contributed by atoms with Crippen LogP contribution < -0.4 is 5.73 Å². The predicted molar refractivity (Wildman–Crippen MR) is 67.5 cm³/mol. The summed E-state index contributed by atoms with van der Waals surface area (Å²) in [4.78, 5) is 0. The van der Waals surface area contributed by atoms with Crippen molar-refractivity contribution in [1.82, 2.24) is 0 Å². The molecular weight excluding hydrogens is 194 g/mol. The van der Waals surface area contributed by atoms with Gasteiger partial charge in [-0.2, -0.15) is 0 Å². The fraction of sp³-hybridized carbons (Fsp3) is 0.600. The van der Waals surface area contributed by atoms with Crippen LogP contribution in [0.5, 0.6) is 0 Å². The Kier molecular flexibility index (Phi) is 2.00. The molecule has 0 amide bonds. The van der Waals surface area contributed by atoms with Crippen LogP contribution in [0.25, 0.3) is 0 Å². The summed E-state index contributed by atoms with van der Waals surface area (Å²) in [6.45, 7) is 5.44. The highest BCUT2D eigenvalue weighted by Gasteiger charge is 2.60. The third-order valence-electron chi connectivity index (χ3n) is 4.77. The van der Waals surface area contributed by atoms with Crippen molar-refractivity contribution in [2.45, 2.75) is 44.4 Å². The van der Waals surface area contributed by atoms with Gasteiger partial charge in [-0.15, -0.1) is 0 Å². The molecule has 0 saturated heterocycles. The highest BCUT2D eigenvalue weighted by atomic mass is 14.7. The van der Waals surface area contributed by atoms with Crippen molar-refractivity contribution >= 4 is 0 Å². The second-order valence-corrected chi connectivity index (χ2v) is 6.24. The molecule has 0 radical (unpaired) electrons. The van der Waals surface area contributed by atoms with Crippen molar-refractivity contribution in [3.63, 3.8) is 0 Å². The molecule has 3 rings (SSSR count). The van der Waals surface area contributed by atoms with Crippen LogP contribution in [0, 0.1) is 5.41 Å². The lowest BCUT2D eigenvalue weighted by atomic mass is 9.87. The van der Waals surface area contributed by atoms with E-state index in [-0.39, 0.29) is 5.41 Å². The molecule has 0 aromatic heterocycles. The fourth-order valence-electron chi connectivity index (χ4n) is 3.16. The van der Waals surface area contributed by atoms with E-state index >= 15 is 0 Å². The lowest BCUT2D eigenvalue weighted by Gasteiger charge is -2.19.